The number of nitrogens with one attached hydrogen (secondary N) is 1. The molecule has 1 aromatic heterocycles. The van der Waals surface area contributed by atoms with Gasteiger partial charge in [-0.3, -0.25) is 9.69 Å². The molecular formula is C24H25ClN4O4. The number of anilines is 1. The fraction of sp³-hybridized carbons (Fsp3) is 0.333. The minimum atomic E-state index is -0.426. The van der Waals surface area contributed by atoms with Crippen LogP contribution in [0.3, 0.4) is 0 Å². The number of hydrogen-bond donors (Lipinski definition) is 1. The van der Waals surface area contributed by atoms with Crippen molar-refractivity contribution in [3.8, 4) is 11.4 Å². The van der Waals surface area contributed by atoms with Crippen LogP contribution in [0.2, 0.25) is 5.02 Å². The van der Waals surface area contributed by atoms with E-state index >= 15 is 0 Å². The van der Waals surface area contributed by atoms with Crippen LogP contribution >= 0.6 is 11.6 Å². The van der Waals surface area contributed by atoms with E-state index in [0.29, 0.717) is 46.6 Å². The smallest absolute Gasteiger partial charge is 0.338 e. The molecule has 1 saturated heterocycles. The lowest BCUT2D eigenvalue weighted by Crippen LogP contribution is -2.40. The summed E-state index contributed by atoms with van der Waals surface area (Å²) in [4.78, 5) is 31.5. The van der Waals surface area contributed by atoms with E-state index < -0.39 is 5.97 Å². The highest BCUT2D eigenvalue weighted by Crippen LogP contribution is 2.24. The van der Waals surface area contributed by atoms with Crippen LogP contribution in [0.4, 0.5) is 5.69 Å². The van der Waals surface area contributed by atoms with Gasteiger partial charge >= 0.3 is 5.97 Å². The molecule has 1 N–H and O–H groups in total. The third-order valence-corrected chi connectivity index (χ3v) is 6.05. The first-order valence-electron chi connectivity index (χ1n) is 10.7. The first kappa shape index (κ1) is 22.9. The van der Waals surface area contributed by atoms with Crippen molar-refractivity contribution in [2.24, 2.45) is 5.92 Å². The Balaban J connectivity index is 1.38. The van der Waals surface area contributed by atoms with Crippen molar-refractivity contribution in [2.45, 2.75) is 26.3 Å². The Labute approximate surface area is 196 Å². The minimum absolute atomic E-state index is 0.0720. The second kappa shape index (κ2) is 10.1. The van der Waals surface area contributed by atoms with Crippen molar-refractivity contribution in [2.75, 3.05) is 25.5 Å². The van der Waals surface area contributed by atoms with Crippen LogP contribution in [0.15, 0.2) is 47.0 Å². The van der Waals surface area contributed by atoms with Crippen molar-refractivity contribution in [1.82, 2.24) is 15.0 Å². The standard InChI is InChI=1S/C24H25ClN4O4/c1-15-19(24(31)32-2)6-3-7-20(15)26-23(30)17-5-4-12-29(13-17)14-21-27-22(28-33-21)16-8-10-18(25)11-9-16/h3,6-11,17H,4-5,12-14H2,1-2H3,(H,26,30). The molecule has 0 spiro atoms. The number of ether oxygens (including phenoxy) is 1. The highest BCUT2D eigenvalue weighted by molar-refractivity contribution is 6.30. The molecule has 1 fully saturated rings. The maximum absolute atomic E-state index is 13.0. The van der Waals surface area contributed by atoms with Crippen molar-refractivity contribution < 1.29 is 18.8 Å². The molecule has 0 aliphatic carbocycles. The Kier molecular flexibility index (Phi) is 7.05. The van der Waals surface area contributed by atoms with Gasteiger partial charge in [0.15, 0.2) is 0 Å². The molecule has 1 amide bonds. The average molecular weight is 469 g/mol. The quantitative estimate of drug-likeness (QED) is 0.537. The van der Waals surface area contributed by atoms with Gasteiger partial charge in [0, 0.05) is 22.8 Å². The highest BCUT2D eigenvalue weighted by Gasteiger charge is 2.27. The van der Waals surface area contributed by atoms with Gasteiger partial charge in [-0.1, -0.05) is 22.8 Å². The van der Waals surface area contributed by atoms with E-state index in [1.54, 1.807) is 37.3 Å². The summed E-state index contributed by atoms with van der Waals surface area (Å²) in [5.41, 5.74) is 2.57. The number of hydrogen-bond acceptors (Lipinski definition) is 7. The van der Waals surface area contributed by atoms with Crippen LogP contribution in [-0.2, 0) is 16.1 Å². The van der Waals surface area contributed by atoms with E-state index in [0.717, 1.165) is 24.9 Å². The molecule has 1 unspecified atom stereocenters. The summed E-state index contributed by atoms with van der Waals surface area (Å²) >= 11 is 5.94. The normalized spacial score (nSPS) is 16.4. The summed E-state index contributed by atoms with van der Waals surface area (Å²) in [5.74, 6) is 0.331. The number of likely N-dealkylation sites (tertiary alicyclic amines) is 1. The van der Waals surface area contributed by atoms with E-state index in [-0.39, 0.29) is 11.8 Å². The molecule has 1 atom stereocenters. The second-order valence-electron chi connectivity index (χ2n) is 8.05. The molecule has 0 radical (unpaired) electrons. The summed E-state index contributed by atoms with van der Waals surface area (Å²) < 4.78 is 10.2. The molecule has 2 aromatic carbocycles. The first-order valence-corrected chi connectivity index (χ1v) is 11.1. The topological polar surface area (TPSA) is 97.6 Å². The van der Waals surface area contributed by atoms with Crippen molar-refractivity contribution in [1.29, 1.82) is 0 Å². The van der Waals surface area contributed by atoms with Gasteiger partial charge in [-0.05, 0) is 68.3 Å². The zero-order valence-electron chi connectivity index (χ0n) is 18.5. The number of carbonyl (C=O) groups excluding carboxylic acids is 2. The number of esters is 1. The molecule has 2 heterocycles. The van der Waals surface area contributed by atoms with Gasteiger partial charge < -0.3 is 14.6 Å². The summed E-state index contributed by atoms with van der Waals surface area (Å²) in [5, 5.41) is 7.68. The molecule has 33 heavy (non-hydrogen) atoms. The molecule has 1 aliphatic rings. The molecule has 9 heteroatoms. The SMILES string of the molecule is COC(=O)c1cccc(NC(=O)C2CCCN(Cc3nc(-c4ccc(Cl)cc4)no3)C2)c1C. The van der Waals surface area contributed by atoms with Crippen LogP contribution in [0, 0.1) is 12.8 Å². The Morgan fingerprint density at radius 1 is 1.24 bits per heavy atom. The maximum Gasteiger partial charge on any atom is 0.338 e. The fourth-order valence-corrected chi connectivity index (χ4v) is 4.10. The number of nitrogens with zero attached hydrogens (tertiary/aromatic N) is 3. The van der Waals surface area contributed by atoms with Crippen molar-refractivity contribution in [3.63, 3.8) is 0 Å². The molecule has 8 nitrogen and oxygen atoms in total. The van der Waals surface area contributed by atoms with Gasteiger partial charge in [-0.2, -0.15) is 4.98 Å². The summed E-state index contributed by atoms with van der Waals surface area (Å²) in [6.45, 7) is 3.70. The maximum atomic E-state index is 13.0. The molecule has 0 bridgehead atoms. The predicted octanol–water partition coefficient (Wildman–Crippen LogP) is 4.34. The zero-order chi connectivity index (χ0) is 23.4. The summed E-state index contributed by atoms with van der Waals surface area (Å²) in [7, 11) is 1.34. The monoisotopic (exact) mass is 468 g/mol. The fourth-order valence-electron chi connectivity index (χ4n) is 3.98. The molecule has 4 rings (SSSR count). The van der Waals surface area contributed by atoms with Crippen LogP contribution in [0.5, 0.6) is 0 Å². The van der Waals surface area contributed by atoms with Crippen molar-refractivity contribution in [3.05, 3.63) is 64.5 Å². The number of benzene rings is 2. The zero-order valence-corrected chi connectivity index (χ0v) is 19.3. The van der Waals surface area contributed by atoms with Gasteiger partial charge in [-0.15, -0.1) is 0 Å². The number of aromatic nitrogens is 2. The number of rotatable bonds is 6. The van der Waals surface area contributed by atoms with E-state index in [1.165, 1.54) is 7.11 Å². The van der Waals surface area contributed by atoms with Crippen LogP contribution < -0.4 is 5.32 Å². The second-order valence-corrected chi connectivity index (χ2v) is 8.49. The Bertz CT molecular complexity index is 1150. The molecule has 1 aliphatic heterocycles. The molecule has 0 saturated carbocycles. The van der Waals surface area contributed by atoms with Crippen molar-refractivity contribution >= 4 is 29.2 Å². The highest BCUT2D eigenvalue weighted by atomic mass is 35.5. The third kappa shape index (κ3) is 5.40. The van der Waals surface area contributed by atoms with Crippen LogP contribution in [-0.4, -0.2) is 47.1 Å². The van der Waals surface area contributed by atoms with Gasteiger partial charge in [0.05, 0.1) is 25.1 Å². The number of halogens is 1. The summed E-state index contributed by atoms with van der Waals surface area (Å²) in [6.07, 6.45) is 1.68. The Hall–Kier alpha value is -3.23. The van der Waals surface area contributed by atoms with E-state index in [2.05, 4.69) is 20.4 Å². The lowest BCUT2D eigenvalue weighted by molar-refractivity contribution is -0.121. The minimum Gasteiger partial charge on any atom is -0.465 e. The lowest BCUT2D eigenvalue weighted by Gasteiger charge is -2.31. The predicted molar refractivity (Wildman–Crippen MR) is 124 cm³/mol. The average Bonchev–Trinajstić information content (AvgIpc) is 3.29. The van der Waals surface area contributed by atoms with Gasteiger partial charge in [0.1, 0.15) is 0 Å². The molecule has 3 aromatic rings. The number of piperidine rings is 1. The van der Waals surface area contributed by atoms with Gasteiger partial charge in [0.25, 0.3) is 0 Å². The lowest BCUT2D eigenvalue weighted by atomic mass is 9.96. The van der Waals surface area contributed by atoms with E-state index in [9.17, 15) is 9.59 Å². The Morgan fingerprint density at radius 3 is 2.79 bits per heavy atom. The number of carbonyl (C=O) groups is 2. The van der Waals surface area contributed by atoms with E-state index in [1.807, 2.05) is 12.1 Å². The summed E-state index contributed by atoms with van der Waals surface area (Å²) in [6, 6.07) is 12.5. The van der Waals surface area contributed by atoms with E-state index in [4.69, 9.17) is 20.9 Å². The number of amides is 1. The Morgan fingerprint density at radius 2 is 2.03 bits per heavy atom. The van der Waals surface area contributed by atoms with Gasteiger partial charge in [0.2, 0.25) is 17.6 Å². The molecular weight excluding hydrogens is 444 g/mol. The first-order chi connectivity index (χ1) is 15.9. The van der Waals surface area contributed by atoms with Gasteiger partial charge in [-0.25, -0.2) is 4.79 Å². The molecule has 172 valence electrons. The van der Waals surface area contributed by atoms with Crippen LogP contribution in [0.25, 0.3) is 11.4 Å². The third-order valence-electron chi connectivity index (χ3n) is 5.80. The number of methoxy groups -OCH3 is 1. The van der Waals surface area contributed by atoms with Crippen LogP contribution in [0.1, 0.15) is 34.7 Å². The largest absolute Gasteiger partial charge is 0.465 e.